The zero-order valence-corrected chi connectivity index (χ0v) is 15.4. The molecule has 1 atom stereocenters. The van der Waals surface area contributed by atoms with Gasteiger partial charge < -0.3 is 10.6 Å². The topological polar surface area (TPSA) is 24.1 Å². The van der Waals surface area contributed by atoms with Crippen molar-refractivity contribution in [2.24, 2.45) is 0 Å². The summed E-state index contributed by atoms with van der Waals surface area (Å²) in [6.45, 7) is 4.29. The van der Waals surface area contributed by atoms with Gasteiger partial charge in [0, 0.05) is 5.69 Å². The van der Waals surface area contributed by atoms with Crippen molar-refractivity contribution in [2.45, 2.75) is 52.0 Å². The quantitative estimate of drug-likeness (QED) is 0.739. The van der Waals surface area contributed by atoms with Crippen LogP contribution in [0.3, 0.4) is 0 Å². The molecule has 3 heteroatoms. The minimum atomic E-state index is 0.252. The molecule has 0 amide bonds. The molecule has 1 aliphatic carbocycles. The number of aryl methyl sites for hydroxylation is 3. The van der Waals surface area contributed by atoms with Crippen molar-refractivity contribution in [3.8, 4) is 0 Å². The van der Waals surface area contributed by atoms with Crippen LogP contribution in [0, 0.1) is 6.92 Å². The highest BCUT2D eigenvalue weighted by atomic mass is 32.1. The monoisotopic (exact) mass is 338 g/mol. The van der Waals surface area contributed by atoms with Gasteiger partial charge in [-0.1, -0.05) is 42.8 Å². The van der Waals surface area contributed by atoms with Gasteiger partial charge in [-0.3, -0.25) is 0 Å². The highest BCUT2D eigenvalue weighted by Crippen LogP contribution is 2.26. The van der Waals surface area contributed by atoms with Gasteiger partial charge >= 0.3 is 0 Å². The molecular formula is C21H26N2S. The van der Waals surface area contributed by atoms with E-state index >= 15 is 0 Å². The smallest absolute Gasteiger partial charge is 0.171 e. The molecule has 0 radical (unpaired) electrons. The molecule has 1 unspecified atom stereocenters. The summed E-state index contributed by atoms with van der Waals surface area (Å²) in [5, 5.41) is 7.44. The Morgan fingerprint density at radius 3 is 2.46 bits per heavy atom. The molecule has 2 aromatic rings. The minimum Gasteiger partial charge on any atom is -0.356 e. The first-order valence-electron chi connectivity index (χ1n) is 8.91. The molecule has 0 aliphatic heterocycles. The molecule has 2 nitrogen and oxygen atoms in total. The summed E-state index contributed by atoms with van der Waals surface area (Å²) in [5.74, 6) is 0. The molecule has 3 rings (SSSR count). The van der Waals surface area contributed by atoms with Gasteiger partial charge in [-0.15, -0.1) is 0 Å². The van der Waals surface area contributed by atoms with Gasteiger partial charge in [0.1, 0.15) is 0 Å². The predicted octanol–water partition coefficient (Wildman–Crippen LogP) is 5.31. The van der Waals surface area contributed by atoms with E-state index in [1.165, 1.54) is 47.9 Å². The van der Waals surface area contributed by atoms with Gasteiger partial charge in [-0.05, 0) is 80.1 Å². The molecular weight excluding hydrogens is 312 g/mol. The summed E-state index contributed by atoms with van der Waals surface area (Å²) in [6.07, 6.45) is 6.09. The Bertz CT molecular complexity index is 706. The van der Waals surface area contributed by atoms with Crippen LogP contribution in [0.5, 0.6) is 0 Å². The lowest BCUT2D eigenvalue weighted by molar-refractivity contribution is 0.623. The number of benzene rings is 2. The maximum atomic E-state index is 5.51. The molecule has 0 saturated heterocycles. The zero-order chi connectivity index (χ0) is 16.9. The van der Waals surface area contributed by atoms with Gasteiger partial charge in [-0.25, -0.2) is 0 Å². The summed E-state index contributed by atoms with van der Waals surface area (Å²) >= 11 is 5.51. The van der Waals surface area contributed by atoms with E-state index in [1.807, 2.05) is 0 Å². The van der Waals surface area contributed by atoms with Crippen LogP contribution < -0.4 is 10.6 Å². The summed E-state index contributed by atoms with van der Waals surface area (Å²) in [5.41, 5.74) is 6.67. The highest BCUT2D eigenvalue weighted by molar-refractivity contribution is 7.80. The Labute approximate surface area is 150 Å². The van der Waals surface area contributed by atoms with Gasteiger partial charge in [-0.2, -0.15) is 0 Å². The van der Waals surface area contributed by atoms with E-state index in [4.69, 9.17) is 12.2 Å². The minimum absolute atomic E-state index is 0.252. The zero-order valence-electron chi connectivity index (χ0n) is 14.6. The van der Waals surface area contributed by atoms with Crippen molar-refractivity contribution < 1.29 is 0 Å². The van der Waals surface area contributed by atoms with E-state index in [1.54, 1.807) is 0 Å². The van der Waals surface area contributed by atoms with E-state index in [9.17, 15) is 0 Å². The third-order valence-corrected chi connectivity index (χ3v) is 5.02. The fourth-order valence-corrected chi connectivity index (χ4v) is 3.61. The van der Waals surface area contributed by atoms with E-state index in [2.05, 4.69) is 66.9 Å². The van der Waals surface area contributed by atoms with Crippen LogP contribution in [-0.2, 0) is 12.8 Å². The van der Waals surface area contributed by atoms with Gasteiger partial charge in [0.05, 0.1) is 6.04 Å². The molecule has 2 aromatic carbocycles. The molecule has 0 fully saturated rings. The van der Waals surface area contributed by atoms with Crippen LogP contribution in [0.15, 0.2) is 42.5 Å². The largest absolute Gasteiger partial charge is 0.356 e. The number of nitrogens with one attached hydrogen (secondary N) is 2. The number of hydrogen-bond donors (Lipinski definition) is 2. The fraction of sp³-hybridized carbons (Fsp3) is 0.381. The Morgan fingerprint density at radius 1 is 1.04 bits per heavy atom. The number of hydrogen-bond acceptors (Lipinski definition) is 1. The first-order valence-corrected chi connectivity index (χ1v) is 9.32. The maximum absolute atomic E-state index is 5.51. The molecule has 0 spiro atoms. The normalized spacial score (nSPS) is 14.6. The van der Waals surface area contributed by atoms with E-state index in [-0.39, 0.29) is 6.04 Å². The second-order valence-electron chi connectivity index (χ2n) is 6.66. The average molecular weight is 339 g/mol. The van der Waals surface area contributed by atoms with Crippen LogP contribution in [0.1, 0.15) is 54.5 Å². The molecule has 0 heterocycles. The van der Waals surface area contributed by atoms with Crippen LogP contribution >= 0.6 is 12.2 Å². The molecule has 0 bridgehead atoms. The van der Waals surface area contributed by atoms with Crippen molar-refractivity contribution in [3.05, 3.63) is 64.7 Å². The molecule has 0 saturated carbocycles. The SMILES string of the molecule is CCC(NC(=S)Nc1ccc(C)cc1)c1ccc2c(c1)CCCC2. The lowest BCUT2D eigenvalue weighted by Crippen LogP contribution is -2.32. The number of anilines is 1. The summed E-state index contributed by atoms with van der Waals surface area (Å²) in [4.78, 5) is 0. The summed E-state index contributed by atoms with van der Waals surface area (Å²) in [6, 6.07) is 15.5. The highest BCUT2D eigenvalue weighted by Gasteiger charge is 2.15. The lowest BCUT2D eigenvalue weighted by atomic mass is 9.89. The van der Waals surface area contributed by atoms with Crippen molar-refractivity contribution in [1.82, 2.24) is 5.32 Å². The second kappa shape index (κ2) is 7.80. The Morgan fingerprint density at radius 2 is 1.75 bits per heavy atom. The third kappa shape index (κ3) is 4.15. The first kappa shape index (κ1) is 17.0. The van der Waals surface area contributed by atoms with Crippen LogP contribution in [-0.4, -0.2) is 5.11 Å². The van der Waals surface area contributed by atoms with Crippen molar-refractivity contribution >= 4 is 23.0 Å². The molecule has 126 valence electrons. The summed E-state index contributed by atoms with van der Waals surface area (Å²) in [7, 11) is 0. The maximum Gasteiger partial charge on any atom is 0.171 e. The molecule has 24 heavy (non-hydrogen) atoms. The standard InChI is InChI=1S/C21H26N2S/c1-3-20(18-11-10-16-6-4-5-7-17(16)14-18)23-21(24)22-19-12-8-15(2)9-13-19/h8-14,20H,3-7H2,1-2H3,(H2,22,23,24). The number of thiocarbonyl (C=S) groups is 1. The predicted molar refractivity (Wildman–Crippen MR) is 107 cm³/mol. The van der Waals surface area contributed by atoms with Crippen LogP contribution in [0.25, 0.3) is 0 Å². The van der Waals surface area contributed by atoms with Crippen LogP contribution in [0.2, 0.25) is 0 Å². The van der Waals surface area contributed by atoms with Crippen molar-refractivity contribution in [3.63, 3.8) is 0 Å². The second-order valence-corrected chi connectivity index (χ2v) is 7.07. The van der Waals surface area contributed by atoms with E-state index in [0.717, 1.165) is 12.1 Å². The van der Waals surface area contributed by atoms with Gasteiger partial charge in [0.15, 0.2) is 5.11 Å². The van der Waals surface area contributed by atoms with Crippen LogP contribution in [0.4, 0.5) is 5.69 Å². The Hall–Kier alpha value is -1.87. The lowest BCUT2D eigenvalue weighted by Gasteiger charge is -2.23. The van der Waals surface area contributed by atoms with Gasteiger partial charge in [0.25, 0.3) is 0 Å². The molecule has 0 aromatic heterocycles. The number of rotatable bonds is 4. The average Bonchev–Trinajstić information content (AvgIpc) is 2.61. The Kier molecular flexibility index (Phi) is 5.52. The molecule has 2 N–H and O–H groups in total. The first-order chi connectivity index (χ1) is 11.7. The third-order valence-electron chi connectivity index (χ3n) is 4.80. The van der Waals surface area contributed by atoms with Crippen molar-refractivity contribution in [1.29, 1.82) is 0 Å². The Balaban J connectivity index is 1.67. The van der Waals surface area contributed by atoms with Gasteiger partial charge in [0.2, 0.25) is 0 Å². The fourth-order valence-electron chi connectivity index (χ4n) is 3.35. The van der Waals surface area contributed by atoms with E-state index < -0.39 is 0 Å². The van der Waals surface area contributed by atoms with Crippen molar-refractivity contribution in [2.75, 3.05) is 5.32 Å². The molecule has 1 aliphatic rings. The number of fused-ring (bicyclic) bond motifs is 1. The van der Waals surface area contributed by atoms with E-state index in [0.29, 0.717) is 5.11 Å². The summed E-state index contributed by atoms with van der Waals surface area (Å²) < 4.78 is 0.